The molecular formula is C26H25N5O3. The van der Waals surface area contributed by atoms with Gasteiger partial charge in [0.1, 0.15) is 18.3 Å². The molecule has 0 aliphatic carbocycles. The molecule has 34 heavy (non-hydrogen) atoms. The normalized spacial score (nSPS) is 12.8. The van der Waals surface area contributed by atoms with Crippen molar-refractivity contribution in [1.29, 1.82) is 0 Å². The van der Waals surface area contributed by atoms with E-state index < -0.39 is 12.0 Å². The minimum atomic E-state index is -0.976. The van der Waals surface area contributed by atoms with Crippen LogP contribution in [0, 0.1) is 18.8 Å². The molecule has 0 saturated heterocycles. The van der Waals surface area contributed by atoms with Crippen molar-refractivity contribution in [3.05, 3.63) is 106 Å². The lowest BCUT2D eigenvalue weighted by Gasteiger charge is -2.23. The number of carbonyl (C=O) groups is 1. The largest absolute Gasteiger partial charge is 0.480 e. The number of aryl methyl sites for hydroxylation is 2. The van der Waals surface area contributed by atoms with Crippen LogP contribution in [0.5, 0.6) is 0 Å². The standard InChI is InChI=1S/C26H25N5O3/c1-17-5-3-4-6-22(17)23(14-24(29-34)21-11-12-27-18(2)13-21)19-7-9-20(10-8-19)25-15-31(30-28-25)16-26(32)33/h3-13,15,23-24H,14,16H2,1-2H3,(H,32,33)/t23-,24?/m1/s1. The van der Waals surface area contributed by atoms with Gasteiger partial charge in [-0.15, -0.1) is 5.10 Å². The van der Waals surface area contributed by atoms with Gasteiger partial charge in [0.25, 0.3) is 0 Å². The Labute approximate surface area is 197 Å². The van der Waals surface area contributed by atoms with Crippen LogP contribution in [-0.4, -0.2) is 31.1 Å². The van der Waals surface area contributed by atoms with Crippen LogP contribution in [-0.2, 0) is 11.3 Å². The molecule has 0 fully saturated rings. The van der Waals surface area contributed by atoms with Crippen LogP contribution in [0.15, 0.2) is 78.2 Å². The number of rotatable bonds is 9. The van der Waals surface area contributed by atoms with Crippen LogP contribution in [0.3, 0.4) is 0 Å². The first-order chi connectivity index (χ1) is 16.4. The summed E-state index contributed by atoms with van der Waals surface area (Å²) in [6, 6.07) is 19.3. The molecule has 2 aromatic heterocycles. The number of aromatic nitrogens is 4. The molecule has 1 N–H and O–H groups in total. The van der Waals surface area contributed by atoms with Gasteiger partial charge in [-0.3, -0.25) is 9.78 Å². The minimum Gasteiger partial charge on any atom is -0.480 e. The van der Waals surface area contributed by atoms with Crippen molar-refractivity contribution in [2.75, 3.05) is 0 Å². The second-order valence-corrected chi connectivity index (χ2v) is 8.31. The molecule has 8 heteroatoms. The third-order valence-electron chi connectivity index (χ3n) is 5.90. The molecule has 0 aliphatic rings. The van der Waals surface area contributed by atoms with Crippen LogP contribution >= 0.6 is 0 Å². The van der Waals surface area contributed by atoms with Crippen LogP contribution in [0.25, 0.3) is 11.3 Å². The molecule has 2 aromatic carbocycles. The van der Waals surface area contributed by atoms with Gasteiger partial charge in [-0.25, -0.2) is 4.68 Å². The maximum Gasteiger partial charge on any atom is 0.325 e. The predicted molar refractivity (Wildman–Crippen MR) is 128 cm³/mol. The van der Waals surface area contributed by atoms with E-state index in [2.05, 4.69) is 39.5 Å². The summed E-state index contributed by atoms with van der Waals surface area (Å²) in [6.45, 7) is 3.72. The number of pyridine rings is 1. The molecule has 172 valence electrons. The van der Waals surface area contributed by atoms with Crippen LogP contribution in [0.4, 0.5) is 0 Å². The summed E-state index contributed by atoms with van der Waals surface area (Å²) in [5, 5.41) is 20.4. The van der Waals surface area contributed by atoms with Gasteiger partial charge < -0.3 is 5.11 Å². The Balaban J connectivity index is 1.67. The number of hydrogen-bond acceptors (Lipinski definition) is 6. The zero-order valence-electron chi connectivity index (χ0n) is 19.0. The smallest absolute Gasteiger partial charge is 0.325 e. The minimum absolute atomic E-state index is 0.0471. The fourth-order valence-corrected chi connectivity index (χ4v) is 4.19. The van der Waals surface area contributed by atoms with Gasteiger partial charge in [0.2, 0.25) is 0 Å². The number of benzene rings is 2. The summed E-state index contributed by atoms with van der Waals surface area (Å²) in [4.78, 5) is 27.0. The summed E-state index contributed by atoms with van der Waals surface area (Å²) < 4.78 is 1.29. The highest BCUT2D eigenvalue weighted by Crippen LogP contribution is 2.37. The fourth-order valence-electron chi connectivity index (χ4n) is 4.19. The van der Waals surface area contributed by atoms with Gasteiger partial charge in [-0.1, -0.05) is 58.9 Å². The first-order valence-electron chi connectivity index (χ1n) is 11.0. The number of nitroso groups, excluding NO2 is 1. The van der Waals surface area contributed by atoms with Crippen molar-refractivity contribution < 1.29 is 9.90 Å². The van der Waals surface area contributed by atoms with Gasteiger partial charge >= 0.3 is 5.97 Å². The molecule has 0 radical (unpaired) electrons. The summed E-state index contributed by atoms with van der Waals surface area (Å²) in [5.41, 5.74) is 6.46. The molecule has 0 spiro atoms. The predicted octanol–water partition coefficient (Wildman–Crippen LogP) is 5.07. The van der Waals surface area contributed by atoms with Gasteiger partial charge in [0.05, 0.1) is 6.20 Å². The van der Waals surface area contributed by atoms with Crippen LogP contribution < -0.4 is 0 Å². The summed E-state index contributed by atoms with van der Waals surface area (Å²) >= 11 is 0. The van der Waals surface area contributed by atoms with Crippen molar-refractivity contribution in [2.24, 2.45) is 5.18 Å². The van der Waals surface area contributed by atoms with E-state index in [-0.39, 0.29) is 12.5 Å². The van der Waals surface area contributed by atoms with Gasteiger partial charge in [-0.2, -0.15) is 4.91 Å². The SMILES string of the molecule is Cc1cc(C(C[C@H](c2ccc(-c3cn(CC(=O)O)nn3)cc2)c2ccccc2C)N=O)ccn1. The van der Waals surface area contributed by atoms with Crippen molar-refractivity contribution in [3.63, 3.8) is 0 Å². The Kier molecular flexibility index (Phi) is 6.87. The first kappa shape index (κ1) is 23.0. The van der Waals surface area contributed by atoms with Crippen molar-refractivity contribution in [3.8, 4) is 11.3 Å². The highest BCUT2D eigenvalue weighted by molar-refractivity contribution is 5.66. The molecular weight excluding hydrogens is 430 g/mol. The van der Waals surface area contributed by atoms with E-state index >= 15 is 0 Å². The van der Waals surface area contributed by atoms with Crippen molar-refractivity contribution in [1.82, 2.24) is 20.0 Å². The summed E-state index contributed by atoms with van der Waals surface area (Å²) in [7, 11) is 0. The molecule has 4 rings (SSSR count). The van der Waals surface area contributed by atoms with Gasteiger partial charge in [0.15, 0.2) is 0 Å². The molecule has 1 unspecified atom stereocenters. The lowest BCUT2D eigenvalue weighted by atomic mass is 9.82. The second-order valence-electron chi connectivity index (χ2n) is 8.31. The molecule has 8 nitrogen and oxygen atoms in total. The molecule has 0 amide bonds. The Hall–Kier alpha value is -4.20. The first-order valence-corrected chi connectivity index (χ1v) is 11.0. The van der Waals surface area contributed by atoms with Crippen LogP contribution in [0.1, 0.15) is 46.3 Å². The topological polar surface area (TPSA) is 110 Å². The molecule has 2 heterocycles. The molecule has 0 aliphatic heterocycles. The Morgan fingerprint density at radius 3 is 2.50 bits per heavy atom. The van der Waals surface area contributed by atoms with Gasteiger partial charge in [-0.05, 0) is 54.7 Å². The second kappa shape index (κ2) is 10.2. The van der Waals surface area contributed by atoms with E-state index in [1.165, 1.54) is 4.68 Å². The number of hydrogen-bond donors (Lipinski definition) is 1. The van der Waals surface area contributed by atoms with Crippen LogP contribution in [0.2, 0.25) is 0 Å². The van der Waals surface area contributed by atoms with Crippen molar-refractivity contribution >= 4 is 5.97 Å². The number of aliphatic carboxylic acids is 1. The average Bonchev–Trinajstić information content (AvgIpc) is 3.28. The van der Waals surface area contributed by atoms with Gasteiger partial charge in [0, 0.05) is 23.4 Å². The Morgan fingerprint density at radius 1 is 1.06 bits per heavy atom. The third kappa shape index (κ3) is 5.23. The summed E-state index contributed by atoms with van der Waals surface area (Å²) in [5.74, 6) is -1.02. The highest BCUT2D eigenvalue weighted by atomic mass is 16.4. The zero-order valence-corrected chi connectivity index (χ0v) is 19.0. The molecule has 4 aromatic rings. The van der Waals surface area contributed by atoms with Crippen molar-refractivity contribution in [2.45, 2.75) is 38.8 Å². The number of nitrogens with zero attached hydrogens (tertiary/aromatic N) is 5. The zero-order chi connectivity index (χ0) is 24.1. The highest BCUT2D eigenvalue weighted by Gasteiger charge is 2.23. The maximum atomic E-state index is 11.9. The maximum absolute atomic E-state index is 11.9. The van der Waals surface area contributed by atoms with E-state index in [0.717, 1.165) is 33.5 Å². The van der Waals surface area contributed by atoms with E-state index in [4.69, 9.17) is 5.11 Å². The quantitative estimate of drug-likeness (QED) is 0.353. The molecule has 0 saturated carbocycles. The van der Waals surface area contributed by atoms with E-state index in [9.17, 15) is 9.70 Å². The Morgan fingerprint density at radius 2 is 1.82 bits per heavy atom. The third-order valence-corrected chi connectivity index (χ3v) is 5.90. The van der Waals surface area contributed by atoms with E-state index in [0.29, 0.717) is 12.1 Å². The van der Waals surface area contributed by atoms with E-state index in [1.807, 2.05) is 55.5 Å². The lowest BCUT2D eigenvalue weighted by Crippen LogP contribution is -2.09. The van der Waals surface area contributed by atoms with E-state index in [1.54, 1.807) is 12.4 Å². The number of carboxylic acid groups (broad SMARTS) is 1. The lowest BCUT2D eigenvalue weighted by molar-refractivity contribution is -0.137. The average molecular weight is 456 g/mol. The monoisotopic (exact) mass is 455 g/mol. The Bertz CT molecular complexity index is 1300. The number of carboxylic acids is 1. The fraction of sp³-hybridized carbons (Fsp3) is 0.231. The summed E-state index contributed by atoms with van der Waals surface area (Å²) in [6.07, 6.45) is 3.84. The molecule has 0 bridgehead atoms. The molecule has 2 atom stereocenters.